The topological polar surface area (TPSA) is 129 Å². The summed E-state index contributed by atoms with van der Waals surface area (Å²) in [6.45, 7) is 5.72. The van der Waals surface area contributed by atoms with Crippen molar-refractivity contribution >= 4 is 83.4 Å². The summed E-state index contributed by atoms with van der Waals surface area (Å²) in [4.78, 5) is 52.0. The molecule has 0 radical (unpaired) electrons. The molecular weight excluding hydrogens is 856 g/mol. The van der Waals surface area contributed by atoms with Gasteiger partial charge in [-0.15, -0.1) is 0 Å². The van der Waals surface area contributed by atoms with Crippen molar-refractivity contribution in [2.75, 3.05) is 6.61 Å². The van der Waals surface area contributed by atoms with E-state index < -0.39 is 5.97 Å². The Labute approximate surface area is 255 Å². The summed E-state index contributed by atoms with van der Waals surface area (Å²) in [5.41, 5.74) is 5.01. The Morgan fingerprint density at radius 2 is 1.22 bits per heavy atom. The van der Waals surface area contributed by atoms with Crippen LogP contribution >= 0.6 is 59.9 Å². The molecule has 0 bridgehead atoms. The first kappa shape index (κ1) is 34.6. The number of aryl methyl sites for hydroxylation is 2. The number of esters is 1. The number of fused-ring (bicyclic) bond motifs is 2. The number of hydrogen-bond acceptors (Lipinski definition) is 5. The molecule has 0 saturated heterocycles. The van der Waals surface area contributed by atoms with Crippen molar-refractivity contribution in [2.45, 2.75) is 79.6 Å². The number of aromatic nitrogens is 2. The van der Waals surface area contributed by atoms with Gasteiger partial charge in [0.05, 0.1) is 6.61 Å². The molecule has 12 heteroatoms. The van der Waals surface area contributed by atoms with E-state index in [1.165, 1.54) is 0 Å². The minimum absolute atomic E-state index is 0. The average Bonchev–Trinajstić information content (AvgIpc) is 3.13. The molecule has 2 aliphatic carbocycles. The number of Topliss-reactive ketones (excluding diaryl/α,β-unsaturated/α-hetero) is 2. The summed E-state index contributed by atoms with van der Waals surface area (Å²) in [6, 6.07) is 0. The van der Waals surface area contributed by atoms with E-state index in [0.29, 0.717) is 53.9 Å². The number of ketones is 2. The van der Waals surface area contributed by atoms with Crippen molar-refractivity contribution < 1.29 is 33.9 Å². The van der Waals surface area contributed by atoms with Crippen molar-refractivity contribution in [2.24, 2.45) is 0 Å². The van der Waals surface area contributed by atoms with Crippen LogP contribution in [0.4, 0.5) is 0 Å². The number of aromatic amines is 2. The molecule has 2 heterocycles. The molecule has 0 aromatic carbocycles. The van der Waals surface area contributed by atoms with Gasteiger partial charge < -0.3 is 19.8 Å². The van der Waals surface area contributed by atoms with E-state index in [4.69, 9.17) is 9.84 Å². The molecule has 8 nitrogen and oxygen atoms in total. The molecule has 0 amide bonds. The second-order valence-corrected chi connectivity index (χ2v) is 43.8. The van der Waals surface area contributed by atoms with Gasteiger partial charge in [0, 0.05) is 35.4 Å². The zero-order chi connectivity index (χ0) is 27.0. The van der Waals surface area contributed by atoms with Gasteiger partial charge in [-0.05, 0) is 70.4 Å². The number of carbonyl (C=O) groups excluding carboxylic acids is 3. The number of ether oxygens (including phenoxy) is 1. The monoisotopic (exact) mass is 890 g/mol. The fourth-order valence-electron chi connectivity index (χ4n) is 4.59. The van der Waals surface area contributed by atoms with Gasteiger partial charge in [0.2, 0.25) is 0 Å². The third-order valence-electron chi connectivity index (χ3n) is 5.99. The van der Waals surface area contributed by atoms with Gasteiger partial charge >= 0.3 is 76.8 Å². The Kier molecular flexibility index (Phi) is 15.6. The maximum absolute atomic E-state index is 11.9. The van der Waals surface area contributed by atoms with Crippen LogP contribution in [0.15, 0.2) is 0 Å². The summed E-state index contributed by atoms with van der Waals surface area (Å²) in [5, 5.41) is 8.99. The van der Waals surface area contributed by atoms with E-state index in [9.17, 15) is 19.2 Å². The van der Waals surface area contributed by atoms with Crippen molar-refractivity contribution in [3.05, 3.63) is 45.0 Å². The molecule has 0 fully saturated rings. The van der Waals surface area contributed by atoms with Crippen LogP contribution < -0.4 is 0 Å². The molecule has 0 saturated carbocycles. The molecule has 0 unspecified atom stereocenters. The van der Waals surface area contributed by atoms with Gasteiger partial charge in [-0.3, -0.25) is 9.59 Å². The molecule has 0 atom stereocenters. The molecule has 3 N–H and O–H groups in total. The third-order valence-corrected chi connectivity index (χ3v) is 5.99. The normalized spacial score (nSPS) is 14.5. The Bertz CT molecular complexity index is 1120. The average molecular weight is 890 g/mol. The van der Waals surface area contributed by atoms with Crippen LogP contribution in [0.1, 0.15) is 117 Å². The van der Waals surface area contributed by atoms with Crippen LogP contribution in [0, 0.1) is 13.8 Å². The number of aromatic carboxylic acids is 1. The van der Waals surface area contributed by atoms with Gasteiger partial charge in [0.25, 0.3) is 0 Å². The minimum atomic E-state index is -0.978. The molecule has 4 rings (SSSR count). The van der Waals surface area contributed by atoms with Crippen molar-refractivity contribution in [1.82, 2.24) is 9.97 Å². The second-order valence-electron chi connectivity index (χ2n) is 8.43. The number of carbonyl (C=O) groups is 4. The van der Waals surface area contributed by atoms with Crippen LogP contribution in [0.3, 0.4) is 0 Å². The maximum atomic E-state index is 11.9. The molecule has 2 aliphatic rings. The zero-order valence-electron chi connectivity index (χ0n) is 20.4. The molecular formula is C25H34I3N2O6V. The quantitative estimate of drug-likeness (QED) is 0.165. The number of rotatable bonds is 3. The first-order chi connectivity index (χ1) is 17.0. The van der Waals surface area contributed by atoms with E-state index in [1.54, 1.807) is 13.8 Å². The van der Waals surface area contributed by atoms with E-state index in [2.05, 4.69) is 69.9 Å². The van der Waals surface area contributed by atoms with Crippen molar-refractivity contribution in [3.63, 3.8) is 0 Å². The number of carboxylic acid groups (broad SMARTS) is 1. The fourth-order valence-corrected chi connectivity index (χ4v) is 4.59. The number of halogens is 3. The first-order valence-corrected chi connectivity index (χ1v) is 25.2. The van der Waals surface area contributed by atoms with Crippen LogP contribution in [-0.4, -0.2) is 45.2 Å². The number of hydrogen-bond donors (Lipinski definition) is 3. The predicted molar refractivity (Wildman–Crippen MR) is 167 cm³/mol. The van der Waals surface area contributed by atoms with Crippen LogP contribution in [-0.2, 0) is 22.5 Å². The summed E-state index contributed by atoms with van der Waals surface area (Å²) in [6.07, 6.45) is 6.16. The van der Waals surface area contributed by atoms with Crippen LogP contribution in [0.25, 0.3) is 0 Å². The van der Waals surface area contributed by atoms with E-state index in [-0.39, 0.29) is 35.6 Å². The van der Waals surface area contributed by atoms with Gasteiger partial charge in [-0.1, -0.05) is 7.43 Å². The molecule has 2 aromatic rings. The molecule has 0 aliphatic heterocycles. The van der Waals surface area contributed by atoms with Crippen molar-refractivity contribution in [1.29, 1.82) is 0 Å². The zero-order valence-corrected chi connectivity index (χ0v) is 28.3. The Morgan fingerprint density at radius 1 is 0.838 bits per heavy atom. The van der Waals surface area contributed by atoms with E-state index >= 15 is 0 Å². The summed E-state index contributed by atoms with van der Waals surface area (Å²) in [7, 11) is 0. The standard InChI is InChI=1S/C13H17NO3.C11H13NO3.CH4.3HI.V/c1-3-17-13(16)12-9-6-4-5-7-10(15)11(9)8(2)14-12;1-6-9-7(10(12-6)11(14)15)4-2-3-5-8(9)13;;;;;/h14H,3-7H2,1-2H3;12H,2-5H2,1H3,(H,14,15);1H4;3*1H;/q;;;;;;+3/p-3. The van der Waals surface area contributed by atoms with Gasteiger partial charge in [-0.2, -0.15) is 0 Å². The van der Waals surface area contributed by atoms with Crippen LogP contribution in [0.5, 0.6) is 0 Å². The molecule has 37 heavy (non-hydrogen) atoms. The van der Waals surface area contributed by atoms with E-state index in [1.807, 2.05) is 6.92 Å². The van der Waals surface area contributed by atoms with Crippen LogP contribution in [0.2, 0.25) is 0 Å². The number of carboxylic acids is 1. The number of H-pyrrole nitrogens is 2. The van der Waals surface area contributed by atoms with Gasteiger partial charge in [0.15, 0.2) is 11.6 Å². The fraction of sp³-hybridized carbons (Fsp3) is 0.520. The summed E-state index contributed by atoms with van der Waals surface area (Å²) in [5.74, 6) is -1.12. The van der Waals surface area contributed by atoms with Crippen molar-refractivity contribution in [3.8, 4) is 0 Å². The Balaban J connectivity index is 0.000000318. The summed E-state index contributed by atoms with van der Waals surface area (Å²) < 4.78 is 5.00. The van der Waals surface area contributed by atoms with Gasteiger partial charge in [0.1, 0.15) is 11.4 Å². The molecule has 206 valence electrons. The Hall–Kier alpha value is -0.386. The molecule has 0 spiro atoms. The first-order valence-electron chi connectivity index (χ1n) is 11.7. The van der Waals surface area contributed by atoms with E-state index in [0.717, 1.165) is 43.4 Å². The second kappa shape index (κ2) is 16.7. The van der Waals surface area contributed by atoms with Gasteiger partial charge in [-0.25, -0.2) is 9.59 Å². The number of nitrogens with one attached hydrogen (secondary N) is 2. The summed E-state index contributed by atoms with van der Waals surface area (Å²) >= 11 is 7.39. The SMILES string of the molecule is C.CCOC(=O)c1[nH]c(C)c2c1CCCCC2=O.Cc1[nH]c(C(=O)O)c2c1C(=O)CCCC2.[I][V]([I])[I]. The predicted octanol–water partition coefficient (Wildman–Crippen LogP) is 7.63. The molecule has 2 aromatic heterocycles. The third kappa shape index (κ3) is 9.64. The Morgan fingerprint density at radius 3 is 1.62 bits per heavy atom.